The third kappa shape index (κ3) is 5.08. The normalized spacial score (nSPS) is 17.5. The molecule has 1 heterocycles. The molecule has 2 N–H and O–H groups in total. The second kappa shape index (κ2) is 9.53. The van der Waals surface area contributed by atoms with E-state index >= 15 is 0 Å². The Morgan fingerprint density at radius 3 is 2.74 bits per heavy atom. The van der Waals surface area contributed by atoms with Gasteiger partial charge in [-0.15, -0.1) is 0 Å². The summed E-state index contributed by atoms with van der Waals surface area (Å²) in [5.74, 6) is 0.840. The number of hydrogen-bond acceptors (Lipinski definition) is 4. The summed E-state index contributed by atoms with van der Waals surface area (Å²) in [6, 6.07) is 16.7. The van der Waals surface area contributed by atoms with Gasteiger partial charge in [-0.1, -0.05) is 49.4 Å². The maximum absolute atomic E-state index is 12.5. The molecule has 1 aliphatic heterocycles. The van der Waals surface area contributed by atoms with Crippen molar-refractivity contribution in [1.82, 2.24) is 15.5 Å². The first kappa shape index (κ1) is 19.4. The molecule has 0 spiro atoms. The number of carbonyl (C=O) groups excluding carboxylic acids is 1. The molecule has 2 aromatic carbocycles. The molecule has 0 radical (unpaired) electrons. The van der Waals surface area contributed by atoms with E-state index in [0.717, 1.165) is 37.4 Å². The average Bonchev–Trinajstić information content (AvgIpc) is 2.73. The van der Waals surface area contributed by atoms with Crippen LogP contribution in [-0.4, -0.2) is 44.1 Å². The Morgan fingerprint density at radius 1 is 1.22 bits per heavy atom. The van der Waals surface area contributed by atoms with Gasteiger partial charge in [-0.3, -0.25) is 9.69 Å². The van der Waals surface area contributed by atoms with Crippen molar-refractivity contribution in [3.8, 4) is 5.75 Å². The zero-order valence-corrected chi connectivity index (χ0v) is 16.2. The van der Waals surface area contributed by atoms with Crippen LogP contribution >= 0.6 is 0 Å². The molecule has 0 aliphatic carbocycles. The Hall–Kier alpha value is -2.37. The van der Waals surface area contributed by atoms with Crippen molar-refractivity contribution in [2.75, 3.05) is 33.3 Å². The molecule has 1 amide bonds. The van der Waals surface area contributed by atoms with E-state index in [1.54, 1.807) is 7.11 Å². The molecule has 1 unspecified atom stereocenters. The van der Waals surface area contributed by atoms with E-state index in [9.17, 15) is 4.79 Å². The van der Waals surface area contributed by atoms with Gasteiger partial charge in [0.25, 0.3) is 0 Å². The molecule has 2 aromatic rings. The molecule has 5 nitrogen and oxygen atoms in total. The van der Waals surface area contributed by atoms with Gasteiger partial charge in [-0.25, -0.2) is 0 Å². The molecule has 0 bridgehead atoms. The van der Waals surface area contributed by atoms with Crippen LogP contribution in [0.15, 0.2) is 48.5 Å². The minimum atomic E-state index is 0.0398. The number of ether oxygens (including phenoxy) is 1. The highest BCUT2D eigenvalue weighted by Crippen LogP contribution is 2.22. The van der Waals surface area contributed by atoms with Crippen LogP contribution in [0.4, 0.5) is 0 Å². The average molecular weight is 367 g/mol. The summed E-state index contributed by atoms with van der Waals surface area (Å²) in [5.41, 5.74) is 3.58. The third-order valence-corrected chi connectivity index (χ3v) is 5.14. The van der Waals surface area contributed by atoms with Gasteiger partial charge in [0.1, 0.15) is 5.75 Å². The van der Waals surface area contributed by atoms with Crippen molar-refractivity contribution in [2.24, 2.45) is 0 Å². The number of para-hydroxylation sites is 1. The van der Waals surface area contributed by atoms with Crippen molar-refractivity contribution in [3.63, 3.8) is 0 Å². The molecule has 3 rings (SSSR count). The van der Waals surface area contributed by atoms with Crippen molar-refractivity contribution < 1.29 is 9.53 Å². The fourth-order valence-electron chi connectivity index (χ4n) is 3.52. The molecule has 1 aliphatic rings. The first-order chi connectivity index (χ1) is 13.2. The molecular weight excluding hydrogens is 338 g/mol. The van der Waals surface area contributed by atoms with Crippen molar-refractivity contribution in [2.45, 2.75) is 25.9 Å². The number of nitrogens with zero attached hydrogens (tertiary/aromatic N) is 1. The number of nitrogens with one attached hydrogen (secondary N) is 2. The Morgan fingerprint density at radius 2 is 2.00 bits per heavy atom. The number of rotatable bonds is 7. The fourth-order valence-corrected chi connectivity index (χ4v) is 3.52. The van der Waals surface area contributed by atoms with Gasteiger partial charge >= 0.3 is 0 Å². The second-order valence-electron chi connectivity index (χ2n) is 6.87. The van der Waals surface area contributed by atoms with Crippen LogP contribution in [0.25, 0.3) is 0 Å². The summed E-state index contributed by atoms with van der Waals surface area (Å²) in [5, 5.41) is 6.48. The van der Waals surface area contributed by atoms with Crippen LogP contribution in [0.2, 0.25) is 0 Å². The van der Waals surface area contributed by atoms with Gasteiger partial charge in [-0.05, 0) is 23.6 Å². The maximum atomic E-state index is 12.5. The van der Waals surface area contributed by atoms with Crippen molar-refractivity contribution in [3.05, 3.63) is 65.2 Å². The Labute approximate surface area is 161 Å². The van der Waals surface area contributed by atoms with Crippen LogP contribution in [0.5, 0.6) is 5.75 Å². The van der Waals surface area contributed by atoms with E-state index in [1.807, 2.05) is 24.3 Å². The number of carbonyl (C=O) groups is 1. The van der Waals surface area contributed by atoms with Crippen LogP contribution in [0, 0.1) is 0 Å². The van der Waals surface area contributed by atoms with Gasteiger partial charge in [0.15, 0.2) is 0 Å². The second-order valence-corrected chi connectivity index (χ2v) is 6.87. The molecule has 1 saturated heterocycles. The number of piperazine rings is 1. The molecule has 27 heavy (non-hydrogen) atoms. The van der Waals surface area contributed by atoms with Crippen molar-refractivity contribution >= 4 is 5.91 Å². The SMILES string of the molecule is CCc1ccc(C2CNCCN2CC(=O)NCc2ccccc2OC)cc1. The molecule has 1 fully saturated rings. The summed E-state index contributed by atoms with van der Waals surface area (Å²) in [6.45, 7) is 5.67. The van der Waals surface area contributed by atoms with Gasteiger partial charge in [0.2, 0.25) is 5.91 Å². The smallest absolute Gasteiger partial charge is 0.234 e. The number of benzene rings is 2. The number of hydrogen-bond donors (Lipinski definition) is 2. The first-order valence-corrected chi connectivity index (χ1v) is 9.63. The van der Waals surface area contributed by atoms with E-state index in [4.69, 9.17) is 4.74 Å². The van der Waals surface area contributed by atoms with Gasteiger partial charge in [0, 0.05) is 37.8 Å². The molecular formula is C22H29N3O2. The predicted molar refractivity (Wildman–Crippen MR) is 108 cm³/mol. The summed E-state index contributed by atoms with van der Waals surface area (Å²) >= 11 is 0. The summed E-state index contributed by atoms with van der Waals surface area (Å²) < 4.78 is 5.35. The maximum Gasteiger partial charge on any atom is 0.234 e. The van der Waals surface area contributed by atoms with Crippen LogP contribution in [0.1, 0.15) is 29.7 Å². The summed E-state index contributed by atoms with van der Waals surface area (Å²) in [6.07, 6.45) is 1.04. The molecule has 0 aromatic heterocycles. The minimum absolute atomic E-state index is 0.0398. The van der Waals surface area contributed by atoms with E-state index in [1.165, 1.54) is 11.1 Å². The lowest BCUT2D eigenvalue weighted by molar-refractivity contribution is -0.123. The summed E-state index contributed by atoms with van der Waals surface area (Å²) in [4.78, 5) is 14.8. The number of methoxy groups -OCH3 is 1. The third-order valence-electron chi connectivity index (χ3n) is 5.14. The van der Waals surface area contributed by atoms with Gasteiger partial charge in [-0.2, -0.15) is 0 Å². The monoisotopic (exact) mass is 367 g/mol. The Bertz CT molecular complexity index is 745. The van der Waals surface area contributed by atoms with E-state index in [-0.39, 0.29) is 11.9 Å². The standard InChI is InChI=1S/C22H29N3O2/c1-3-17-8-10-18(11-9-17)20-15-23-12-13-25(20)16-22(26)24-14-19-6-4-5-7-21(19)27-2/h4-11,20,23H,3,12-16H2,1-2H3,(H,24,26). The fraction of sp³-hybridized carbons (Fsp3) is 0.409. The number of aryl methyl sites for hydroxylation is 1. The Kier molecular flexibility index (Phi) is 6.85. The predicted octanol–water partition coefficient (Wildman–Crippen LogP) is 2.52. The van der Waals surface area contributed by atoms with Gasteiger partial charge < -0.3 is 15.4 Å². The lowest BCUT2D eigenvalue weighted by Crippen LogP contribution is -2.49. The van der Waals surface area contributed by atoms with Crippen molar-refractivity contribution in [1.29, 1.82) is 0 Å². The largest absolute Gasteiger partial charge is 0.496 e. The lowest BCUT2D eigenvalue weighted by atomic mass is 10.0. The summed E-state index contributed by atoms with van der Waals surface area (Å²) in [7, 11) is 1.65. The van der Waals surface area contributed by atoms with Crippen LogP contribution < -0.4 is 15.4 Å². The zero-order chi connectivity index (χ0) is 19.1. The first-order valence-electron chi connectivity index (χ1n) is 9.63. The highest BCUT2D eigenvalue weighted by molar-refractivity contribution is 5.78. The molecule has 144 valence electrons. The highest BCUT2D eigenvalue weighted by Gasteiger charge is 2.25. The molecule has 5 heteroatoms. The van der Waals surface area contributed by atoms with E-state index in [0.29, 0.717) is 13.1 Å². The van der Waals surface area contributed by atoms with Crippen LogP contribution in [-0.2, 0) is 17.8 Å². The van der Waals surface area contributed by atoms with Crippen LogP contribution in [0.3, 0.4) is 0 Å². The number of amides is 1. The zero-order valence-electron chi connectivity index (χ0n) is 16.2. The van der Waals surface area contributed by atoms with E-state index in [2.05, 4.69) is 46.7 Å². The Balaban J connectivity index is 1.60. The minimum Gasteiger partial charge on any atom is -0.496 e. The molecule has 1 atom stereocenters. The quantitative estimate of drug-likeness (QED) is 0.790. The lowest BCUT2D eigenvalue weighted by Gasteiger charge is -2.36. The highest BCUT2D eigenvalue weighted by atomic mass is 16.5. The van der Waals surface area contributed by atoms with Gasteiger partial charge in [0.05, 0.1) is 13.7 Å². The van der Waals surface area contributed by atoms with E-state index < -0.39 is 0 Å². The topological polar surface area (TPSA) is 53.6 Å². The molecule has 0 saturated carbocycles.